The van der Waals surface area contributed by atoms with E-state index in [4.69, 9.17) is 5.11 Å². The molecule has 0 atom stereocenters. The number of likely N-dealkylation sites (tertiary alicyclic amines) is 1. The summed E-state index contributed by atoms with van der Waals surface area (Å²) in [7, 11) is 0. The summed E-state index contributed by atoms with van der Waals surface area (Å²) in [6, 6.07) is 0.0447. The van der Waals surface area contributed by atoms with E-state index in [9.17, 15) is 4.79 Å². The number of carbonyl (C=O) groups excluding carboxylic acids is 1. The number of aliphatic hydroxyl groups excluding tert-OH is 1. The molecule has 0 aromatic heterocycles. The van der Waals surface area contributed by atoms with Crippen molar-refractivity contribution < 1.29 is 9.90 Å². The third kappa shape index (κ3) is 3.18. The van der Waals surface area contributed by atoms with Crippen molar-refractivity contribution in [2.45, 2.75) is 26.2 Å². The summed E-state index contributed by atoms with van der Waals surface area (Å²) in [5.41, 5.74) is 0. The van der Waals surface area contributed by atoms with Crippen molar-refractivity contribution in [3.8, 4) is 0 Å². The molecule has 0 saturated carbocycles. The average molecular weight is 200 g/mol. The summed E-state index contributed by atoms with van der Waals surface area (Å²) >= 11 is 0. The Balaban J connectivity index is 2.23. The van der Waals surface area contributed by atoms with E-state index in [1.807, 2.05) is 11.8 Å². The molecule has 1 aliphatic heterocycles. The maximum Gasteiger partial charge on any atom is 0.317 e. The highest BCUT2D eigenvalue weighted by Crippen LogP contribution is 2.15. The molecular formula is C10H20N2O2. The highest BCUT2D eigenvalue weighted by molar-refractivity contribution is 5.74. The molecule has 0 aromatic rings. The van der Waals surface area contributed by atoms with Gasteiger partial charge in [-0.25, -0.2) is 4.79 Å². The molecule has 82 valence electrons. The largest absolute Gasteiger partial charge is 0.396 e. The maximum atomic E-state index is 11.5. The molecule has 0 radical (unpaired) electrons. The molecule has 2 N–H and O–H groups in total. The minimum absolute atomic E-state index is 0.0447. The number of rotatable bonds is 3. The van der Waals surface area contributed by atoms with Crippen LogP contribution in [0.1, 0.15) is 26.2 Å². The summed E-state index contributed by atoms with van der Waals surface area (Å²) in [5, 5.41) is 11.8. The van der Waals surface area contributed by atoms with Gasteiger partial charge in [0.1, 0.15) is 0 Å². The van der Waals surface area contributed by atoms with Crippen LogP contribution in [-0.2, 0) is 0 Å². The van der Waals surface area contributed by atoms with E-state index in [0.717, 1.165) is 38.9 Å². The van der Waals surface area contributed by atoms with Gasteiger partial charge in [0.05, 0.1) is 0 Å². The molecule has 1 aliphatic rings. The van der Waals surface area contributed by atoms with Gasteiger partial charge in [0, 0.05) is 26.2 Å². The first-order chi connectivity index (χ1) is 6.77. The highest BCUT2D eigenvalue weighted by atomic mass is 16.3. The zero-order valence-corrected chi connectivity index (χ0v) is 8.83. The number of nitrogens with zero attached hydrogens (tertiary/aromatic N) is 1. The fraction of sp³-hybridized carbons (Fsp3) is 0.900. The number of amides is 2. The molecule has 0 bridgehead atoms. The first kappa shape index (κ1) is 11.3. The number of aliphatic hydroxyl groups is 1. The Kier molecular flexibility index (Phi) is 4.73. The summed E-state index contributed by atoms with van der Waals surface area (Å²) in [5.74, 6) is 0.394. The summed E-state index contributed by atoms with van der Waals surface area (Å²) in [6.45, 7) is 4.60. The SMILES string of the molecule is CCCNC(=O)N1CCC(CO)CC1. The molecule has 1 rings (SSSR count). The van der Waals surface area contributed by atoms with E-state index in [-0.39, 0.29) is 12.6 Å². The maximum absolute atomic E-state index is 11.5. The molecule has 4 nitrogen and oxygen atoms in total. The smallest absolute Gasteiger partial charge is 0.317 e. The molecule has 0 unspecified atom stereocenters. The lowest BCUT2D eigenvalue weighted by Gasteiger charge is -2.31. The molecule has 4 heteroatoms. The third-order valence-electron chi connectivity index (χ3n) is 2.69. The standard InChI is InChI=1S/C10H20N2O2/c1-2-5-11-10(14)12-6-3-9(8-13)4-7-12/h9,13H,2-8H2,1H3,(H,11,14). The lowest BCUT2D eigenvalue weighted by atomic mass is 9.98. The Bertz CT molecular complexity index is 177. The van der Waals surface area contributed by atoms with Gasteiger partial charge in [-0.05, 0) is 25.2 Å². The Morgan fingerprint density at radius 3 is 2.64 bits per heavy atom. The highest BCUT2D eigenvalue weighted by Gasteiger charge is 2.21. The zero-order chi connectivity index (χ0) is 10.4. The normalized spacial score (nSPS) is 18.3. The summed E-state index contributed by atoms with van der Waals surface area (Å²) < 4.78 is 0. The Morgan fingerprint density at radius 2 is 2.14 bits per heavy atom. The van der Waals surface area contributed by atoms with Crippen molar-refractivity contribution in [2.24, 2.45) is 5.92 Å². The fourth-order valence-corrected chi connectivity index (χ4v) is 1.66. The van der Waals surface area contributed by atoms with Crippen LogP contribution < -0.4 is 5.32 Å². The topological polar surface area (TPSA) is 52.6 Å². The van der Waals surface area contributed by atoms with Gasteiger partial charge in [0.25, 0.3) is 0 Å². The molecule has 0 aromatic carbocycles. The van der Waals surface area contributed by atoms with E-state index >= 15 is 0 Å². The number of hydrogen-bond donors (Lipinski definition) is 2. The molecule has 0 aliphatic carbocycles. The van der Waals surface area contributed by atoms with Gasteiger partial charge < -0.3 is 15.3 Å². The van der Waals surface area contributed by atoms with Crippen molar-refractivity contribution >= 4 is 6.03 Å². The molecule has 1 fully saturated rings. The molecule has 0 spiro atoms. The Morgan fingerprint density at radius 1 is 1.50 bits per heavy atom. The van der Waals surface area contributed by atoms with E-state index in [0.29, 0.717) is 5.92 Å². The minimum Gasteiger partial charge on any atom is -0.396 e. The van der Waals surface area contributed by atoms with Gasteiger partial charge in [-0.15, -0.1) is 0 Å². The van der Waals surface area contributed by atoms with E-state index in [1.54, 1.807) is 0 Å². The van der Waals surface area contributed by atoms with Crippen LogP contribution in [0.15, 0.2) is 0 Å². The monoisotopic (exact) mass is 200 g/mol. The van der Waals surface area contributed by atoms with E-state index < -0.39 is 0 Å². The van der Waals surface area contributed by atoms with Crippen LogP contribution >= 0.6 is 0 Å². The second-order valence-electron chi connectivity index (χ2n) is 3.84. The lowest BCUT2D eigenvalue weighted by Crippen LogP contribution is -2.45. The molecule has 1 saturated heterocycles. The number of urea groups is 1. The number of piperidine rings is 1. The zero-order valence-electron chi connectivity index (χ0n) is 8.83. The van der Waals surface area contributed by atoms with Crippen LogP contribution in [-0.4, -0.2) is 42.3 Å². The fourth-order valence-electron chi connectivity index (χ4n) is 1.66. The van der Waals surface area contributed by atoms with Crippen molar-refractivity contribution in [3.05, 3.63) is 0 Å². The van der Waals surface area contributed by atoms with Crippen molar-refractivity contribution in [1.82, 2.24) is 10.2 Å². The van der Waals surface area contributed by atoms with E-state index in [1.165, 1.54) is 0 Å². The summed E-state index contributed by atoms with van der Waals surface area (Å²) in [4.78, 5) is 13.3. The van der Waals surface area contributed by atoms with Crippen LogP contribution in [0.25, 0.3) is 0 Å². The molecular weight excluding hydrogens is 180 g/mol. The summed E-state index contributed by atoms with van der Waals surface area (Å²) in [6.07, 6.45) is 2.82. The predicted octanol–water partition coefficient (Wildman–Crippen LogP) is 0.810. The molecule has 14 heavy (non-hydrogen) atoms. The number of hydrogen-bond acceptors (Lipinski definition) is 2. The Hall–Kier alpha value is -0.770. The number of carbonyl (C=O) groups is 1. The third-order valence-corrected chi connectivity index (χ3v) is 2.69. The van der Waals surface area contributed by atoms with Gasteiger partial charge in [-0.2, -0.15) is 0 Å². The second kappa shape index (κ2) is 5.86. The molecule has 2 amide bonds. The number of nitrogens with one attached hydrogen (secondary N) is 1. The van der Waals surface area contributed by atoms with Crippen molar-refractivity contribution in [2.75, 3.05) is 26.2 Å². The van der Waals surface area contributed by atoms with Gasteiger partial charge in [0.15, 0.2) is 0 Å². The average Bonchev–Trinajstić information content (AvgIpc) is 2.26. The van der Waals surface area contributed by atoms with Gasteiger partial charge >= 0.3 is 6.03 Å². The van der Waals surface area contributed by atoms with Crippen molar-refractivity contribution in [3.63, 3.8) is 0 Å². The minimum atomic E-state index is 0.0447. The van der Waals surface area contributed by atoms with Gasteiger partial charge in [-0.1, -0.05) is 6.92 Å². The van der Waals surface area contributed by atoms with Crippen LogP contribution in [0.3, 0.4) is 0 Å². The molecule has 1 heterocycles. The van der Waals surface area contributed by atoms with Crippen LogP contribution in [0.2, 0.25) is 0 Å². The van der Waals surface area contributed by atoms with Crippen LogP contribution in [0.5, 0.6) is 0 Å². The van der Waals surface area contributed by atoms with Gasteiger partial charge in [-0.3, -0.25) is 0 Å². The second-order valence-corrected chi connectivity index (χ2v) is 3.84. The van der Waals surface area contributed by atoms with E-state index in [2.05, 4.69) is 5.32 Å². The lowest BCUT2D eigenvalue weighted by molar-refractivity contribution is 0.137. The first-order valence-electron chi connectivity index (χ1n) is 5.41. The van der Waals surface area contributed by atoms with Crippen molar-refractivity contribution in [1.29, 1.82) is 0 Å². The quantitative estimate of drug-likeness (QED) is 0.708. The van der Waals surface area contributed by atoms with Crippen LogP contribution in [0, 0.1) is 5.92 Å². The van der Waals surface area contributed by atoms with Crippen LogP contribution in [0.4, 0.5) is 4.79 Å². The Labute approximate surface area is 85.3 Å². The predicted molar refractivity (Wildman–Crippen MR) is 55.1 cm³/mol. The first-order valence-corrected chi connectivity index (χ1v) is 5.41. The van der Waals surface area contributed by atoms with Gasteiger partial charge in [0.2, 0.25) is 0 Å².